The van der Waals surface area contributed by atoms with Gasteiger partial charge in [-0.05, 0) is 43.9 Å². The Morgan fingerprint density at radius 1 is 1.19 bits per heavy atom. The molecule has 0 spiro atoms. The summed E-state index contributed by atoms with van der Waals surface area (Å²) in [5, 5.41) is 3.28. The molecule has 1 atom stereocenters. The zero-order chi connectivity index (χ0) is 22.3. The highest BCUT2D eigenvalue weighted by atomic mass is 19.4. The number of halogens is 3. The predicted octanol–water partition coefficient (Wildman–Crippen LogP) is 2.42. The number of nitrogens with one attached hydrogen (secondary N) is 1. The lowest BCUT2D eigenvalue weighted by Gasteiger charge is -2.37. The first-order valence-corrected chi connectivity index (χ1v) is 10.6. The molecule has 172 valence electrons. The Kier molecular flexibility index (Phi) is 8.00. The number of rotatable bonds is 6. The number of ether oxygens (including phenoxy) is 2. The first kappa shape index (κ1) is 23.2. The lowest BCUT2D eigenvalue weighted by atomic mass is 10.1. The smallest absolute Gasteiger partial charge is 0.406 e. The summed E-state index contributed by atoms with van der Waals surface area (Å²) in [5.41, 5.74) is 0.876. The van der Waals surface area contributed by atoms with Gasteiger partial charge in [0.2, 0.25) is 0 Å². The Bertz CT molecular complexity index is 741. The van der Waals surface area contributed by atoms with Crippen LogP contribution in [0.25, 0.3) is 0 Å². The van der Waals surface area contributed by atoms with Gasteiger partial charge >= 0.3 is 6.36 Å². The van der Waals surface area contributed by atoms with Crippen LogP contribution in [0.15, 0.2) is 29.3 Å². The molecule has 1 unspecified atom stereocenters. The van der Waals surface area contributed by atoms with E-state index in [9.17, 15) is 18.0 Å². The summed E-state index contributed by atoms with van der Waals surface area (Å²) >= 11 is 0. The van der Waals surface area contributed by atoms with E-state index in [1.54, 1.807) is 12.1 Å². The Hall–Kier alpha value is -2.49. The second kappa shape index (κ2) is 10.7. The van der Waals surface area contributed by atoms with Crippen molar-refractivity contribution < 1.29 is 27.4 Å². The third-order valence-corrected chi connectivity index (χ3v) is 5.25. The van der Waals surface area contributed by atoms with Crippen LogP contribution in [0.1, 0.15) is 25.3 Å². The van der Waals surface area contributed by atoms with Gasteiger partial charge in [-0.2, -0.15) is 0 Å². The number of amides is 1. The fraction of sp³-hybridized carbons (Fsp3) is 0.619. The van der Waals surface area contributed by atoms with Crippen LogP contribution in [-0.4, -0.2) is 80.0 Å². The highest BCUT2D eigenvalue weighted by molar-refractivity contribution is 5.82. The largest absolute Gasteiger partial charge is 0.573 e. The standard InChI is InChI=1S/C21H29F3N4O3/c1-2-25-20(26-10-9-16-5-7-17(8-6-16)31-21(22,23)24)28-13-11-27(12-14-28)19(29)18-4-3-15-30-18/h5-8,18H,2-4,9-15H2,1H3,(H,25,26). The molecule has 1 aromatic carbocycles. The molecule has 10 heteroatoms. The van der Waals surface area contributed by atoms with Crippen LogP contribution in [0.5, 0.6) is 5.75 Å². The molecule has 2 heterocycles. The van der Waals surface area contributed by atoms with Crippen molar-refractivity contribution in [2.24, 2.45) is 4.99 Å². The Morgan fingerprint density at radius 3 is 2.45 bits per heavy atom. The SMILES string of the molecule is CCNC(=NCCc1ccc(OC(F)(F)F)cc1)N1CCN(C(=O)C2CCCO2)CC1. The normalized spacial score (nSPS) is 20.1. The van der Waals surface area contributed by atoms with E-state index in [1.807, 2.05) is 11.8 Å². The Balaban J connectivity index is 1.49. The highest BCUT2D eigenvalue weighted by Gasteiger charge is 2.31. The van der Waals surface area contributed by atoms with Crippen LogP contribution >= 0.6 is 0 Å². The molecule has 2 saturated heterocycles. The van der Waals surface area contributed by atoms with E-state index in [-0.39, 0.29) is 17.8 Å². The number of aliphatic imine (C=N–C) groups is 1. The Morgan fingerprint density at radius 2 is 1.87 bits per heavy atom. The van der Waals surface area contributed by atoms with Crippen molar-refractivity contribution >= 4 is 11.9 Å². The van der Waals surface area contributed by atoms with Gasteiger partial charge in [0.05, 0.1) is 0 Å². The maximum Gasteiger partial charge on any atom is 0.573 e. The minimum Gasteiger partial charge on any atom is -0.406 e. The molecule has 0 bridgehead atoms. The molecule has 3 rings (SSSR count). The van der Waals surface area contributed by atoms with Crippen molar-refractivity contribution in [3.8, 4) is 5.75 Å². The number of carbonyl (C=O) groups is 1. The molecule has 1 aromatic rings. The molecule has 1 N–H and O–H groups in total. The van der Waals surface area contributed by atoms with Gasteiger partial charge in [-0.1, -0.05) is 12.1 Å². The number of guanidine groups is 1. The molecule has 7 nitrogen and oxygen atoms in total. The zero-order valence-electron chi connectivity index (χ0n) is 17.7. The van der Waals surface area contributed by atoms with Gasteiger partial charge < -0.3 is 24.6 Å². The highest BCUT2D eigenvalue weighted by Crippen LogP contribution is 2.23. The number of benzene rings is 1. The van der Waals surface area contributed by atoms with Crippen LogP contribution in [-0.2, 0) is 16.0 Å². The molecule has 2 fully saturated rings. The van der Waals surface area contributed by atoms with E-state index in [4.69, 9.17) is 4.74 Å². The molecule has 0 aromatic heterocycles. The van der Waals surface area contributed by atoms with Gasteiger partial charge in [0, 0.05) is 45.9 Å². The first-order valence-electron chi connectivity index (χ1n) is 10.6. The number of carbonyl (C=O) groups excluding carboxylic acids is 1. The summed E-state index contributed by atoms with van der Waals surface area (Å²) in [7, 11) is 0. The summed E-state index contributed by atoms with van der Waals surface area (Å²) in [6, 6.07) is 5.84. The molecule has 2 aliphatic heterocycles. The van der Waals surface area contributed by atoms with Crippen molar-refractivity contribution in [2.75, 3.05) is 45.9 Å². The quantitative estimate of drug-likeness (QED) is 0.542. The summed E-state index contributed by atoms with van der Waals surface area (Å²) in [6.07, 6.45) is -2.65. The van der Waals surface area contributed by atoms with E-state index in [0.29, 0.717) is 45.8 Å². The lowest BCUT2D eigenvalue weighted by molar-refractivity contribution is -0.274. The lowest BCUT2D eigenvalue weighted by Crippen LogP contribution is -2.55. The molecular weight excluding hydrogens is 413 g/mol. The van der Waals surface area contributed by atoms with Gasteiger partial charge in [0.1, 0.15) is 11.9 Å². The van der Waals surface area contributed by atoms with Crippen molar-refractivity contribution in [1.29, 1.82) is 0 Å². The van der Waals surface area contributed by atoms with E-state index in [0.717, 1.165) is 30.9 Å². The van der Waals surface area contributed by atoms with Crippen LogP contribution in [0, 0.1) is 0 Å². The molecule has 0 aliphatic carbocycles. The second-order valence-corrected chi connectivity index (χ2v) is 7.49. The summed E-state index contributed by atoms with van der Waals surface area (Å²) in [4.78, 5) is 21.1. The first-order chi connectivity index (χ1) is 14.9. The van der Waals surface area contributed by atoms with Crippen LogP contribution in [0.3, 0.4) is 0 Å². The van der Waals surface area contributed by atoms with Crippen molar-refractivity contribution in [3.63, 3.8) is 0 Å². The number of piperazine rings is 1. The topological polar surface area (TPSA) is 66.4 Å². The molecule has 0 radical (unpaired) electrons. The van der Waals surface area contributed by atoms with Crippen LogP contribution < -0.4 is 10.1 Å². The summed E-state index contributed by atoms with van der Waals surface area (Å²) < 4.78 is 46.1. The van der Waals surface area contributed by atoms with Gasteiger partial charge in [0.25, 0.3) is 5.91 Å². The van der Waals surface area contributed by atoms with Gasteiger partial charge in [-0.3, -0.25) is 9.79 Å². The van der Waals surface area contributed by atoms with Crippen molar-refractivity contribution in [1.82, 2.24) is 15.1 Å². The molecule has 1 amide bonds. The van der Waals surface area contributed by atoms with Crippen LogP contribution in [0.4, 0.5) is 13.2 Å². The van der Waals surface area contributed by atoms with Crippen LogP contribution in [0.2, 0.25) is 0 Å². The number of alkyl halides is 3. The van der Waals surface area contributed by atoms with E-state index in [1.165, 1.54) is 12.1 Å². The number of hydrogen-bond donors (Lipinski definition) is 1. The number of nitrogens with zero attached hydrogens (tertiary/aromatic N) is 3. The fourth-order valence-electron chi connectivity index (χ4n) is 3.69. The third-order valence-electron chi connectivity index (χ3n) is 5.25. The predicted molar refractivity (Wildman–Crippen MR) is 110 cm³/mol. The minimum atomic E-state index is -4.69. The Labute approximate surface area is 180 Å². The molecule has 0 saturated carbocycles. The van der Waals surface area contributed by atoms with E-state index >= 15 is 0 Å². The third kappa shape index (κ3) is 7.02. The maximum absolute atomic E-state index is 12.5. The van der Waals surface area contributed by atoms with E-state index < -0.39 is 6.36 Å². The zero-order valence-corrected chi connectivity index (χ0v) is 17.7. The minimum absolute atomic E-state index is 0.0806. The van der Waals surface area contributed by atoms with Gasteiger partial charge in [-0.25, -0.2) is 0 Å². The average Bonchev–Trinajstić information content (AvgIpc) is 3.28. The van der Waals surface area contributed by atoms with E-state index in [2.05, 4.69) is 19.9 Å². The van der Waals surface area contributed by atoms with Gasteiger partial charge in [-0.15, -0.1) is 13.2 Å². The molecule has 2 aliphatic rings. The van der Waals surface area contributed by atoms with Crippen molar-refractivity contribution in [2.45, 2.75) is 38.7 Å². The molecule has 31 heavy (non-hydrogen) atoms. The average molecular weight is 442 g/mol. The summed E-state index contributed by atoms with van der Waals surface area (Å²) in [6.45, 7) is 6.50. The number of hydrogen-bond acceptors (Lipinski definition) is 4. The van der Waals surface area contributed by atoms with Gasteiger partial charge in [0.15, 0.2) is 5.96 Å². The second-order valence-electron chi connectivity index (χ2n) is 7.49. The molecular formula is C21H29F3N4O3. The fourth-order valence-corrected chi connectivity index (χ4v) is 3.69. The summed E-state index contributed by atoms with van der Waals surface area (Å²) in [5.74, 6) is 0.629. The maximum atomic E-state index is 12.5. The monoisotopic (exact) mass is 442 g/mol. The van der Waals surface area contributed by atoms with Crippen molar-refractivity contribution in [3.05, 3.63) is 29.8 Å².